The van der Waals surface area contributed by atoms with Crippen LogP contribution < -0.4 is 5.32 Å². The van der Waals surface area contributed by atoms with Crippen molar-refractivity contribution in [3.63, 3.8) is 0 Å². The lowest BCUT2D eigenvalue weighted by molar-refractivity contribution is -0.133. The van der Waals surface area contributed by atoms with E-state index >= 15 is 0 Å². The quantitative estimate of drug-likeness (QED) is 0.732. The van der Waals surface area contributed by atoms with E-state index < -0.39 is 0 Å². The summed E-state index contributed by atoms with van der Waals surface area (Å²) < 4.78 is 13.0. The summed E-state index contributed by atoms with van der Waals surface area (Å²) in [5.41, 5.74) is 0.512. The number of rotatable bonds is 6. The first-order valence-corrected chi connectivity index (χ1v) is 11.5. The number of nitrogens with zero attached hydrogens (tertiary/aromatic N) is 5. The zero-order chi connectivity index (χ0) is 21.6. The number of amides is 2. The molecular weight excluding hydrogens is 419 g/mol. The molecule has 1 N–H and O–H groups in total. The molecule has 2 fully saturated rings. The first-order valence-electron chi connectivity index (χ1n) is 10.7. The molecule has 0 spiro atoms. The molecule has 8 nitrogen and oxygen atoms in total. The van der Waals surface area contributed by atoms with E-state index in [9.17, 15) is 14.0 Å². The summed E-state index contributed by atoms with van der Waals surface area (Å²) in [5, 5.41) is 11.9. The number of hydrogen-bond donors (Lipinski definition) is 1. The SMILES string of the molecule is O=C(Nc1ccc(F)cc1)c1nnc(CN2CCN(CC(=O)N3CCCCC3)CC2)s1. The molecule has 166 valence electrons. The van der Waals surface area contributed by atoms with Crippen LogP contribution in [0.25, 0.3) is 0 Å². The number of carbonyl (C=O) groups excluding carboxylic acids is 2. The average Bonchev–Trinajstić information content (AvgIpc) is 3.26. The molecule has 2 aliphatic heterocycles. The van der Waals surface area contributed by atoms with Crippen LogP contribution in [-0.4, -0.2) is 82.5 Å². The Kier molecular flexibility index (Phi) is 7.21. The van der Waals surface area contributed by atoms with E-state index in [1.54, 1.807) is 0 Å². The van der Waals surface area contributed by atoms with Crippen molar-refractivity contribution in [1.29, 1.82) is 0 Å². The number of piperazine rings is 1. The predicted octanol–water partition coefficient (Wildman–Crippen LogP) is 2.06. The fourth-order valence-corrected chi connectivity index (χ4v) is 4.64. The third-order valence-electron chi connectivity index (χ3n) is 5.65. The smallest absolute Gasteiger partial charge is 0.286 e. The number of likely N-dealkylation sites (tertiary alicyclic amines) is 1. The highest BCUT2D eigenvalue weighted by Crippen LogP contribution is 2.17. The molecule has 0 unspecified atom stereocenters. The van der Waals surface area contributed by atoms with Gasteiger partial charge in [0.2, 0.25) is 10.9 Å². The number of nitrogens with one attached hydrogen (secondary N) is 1. The van der Waals surface area contributed by atoms with Crippen LogP contribution in [0.15, 0.2) is 24.3 Å². The molecular formula is C21H27FN6O2S. The summed E-state index contributed by atoms with van der Waals surface area (Å²) in [7, 11) is 0. The van der Waals surface area contributed by atoms with Crippen molar-refractivity contribution < 1.29 is 14.0 Å². The lowest BCUT2D eigenvalue weighted by Crippen LogP contribution is -2.50. The van der Waals surface area contributed by atoms with Crippen molar-refractivity contribution in [1.82, 2.24) is 24.9 Å². The van der Waals surface area contributed by atoms with Crippen LogP contribution in [0.4, 0.5) is 10.1 Å². The lowest BCUT2D eigenvalue weighted by atomic mass is 10.1. The molecule has 0 radical (unpaired) electrons. The number of halogens is 1. The van der Waals surface area contributed by atoms with Crippen molar-refractivity contribution in [3.8, 4) is 0 Å². The van der Waals surface area contributed by atoms with E-state index in [1.165, 1.54) is 42.0 Å². The number of anilines is 1. The number of hydrogen-bond acceptors (Lipinski definition) is 7. The highest BCUT2D eigenvalue weighted by atomic mass is 32.1. The van der Waals surface area contributed by atoms with Gasteiger partial charge in [-0.25, -0.2) is 4.39 Å². The highest BCUT2D eigenvalue weighted by Gasteiger charge is 2.23. The van der Waals surface area contributed by atoms with Gasteiger partial charge < -0.3 is 10.2 Å². The third kappa shape index (κ3) is 6.05. The second kappa shape index (κ2) is 10.3. The predicted molar refractivity (Wildman–Crippen MR) is 116 cm³/mol. The number of benzene rings is 1. The Morgan fingerprint density at radius 1 is 0.935 bits per heavy atom. The van der Waals surface area contributed by atoms with Gasteiger partial charge in [0.05, 0.1) is 13.1 Å². The molecule has 4 rings (SSSR count). The molecule has 10 heteroatoms. The molecule has 0 bridgehead atoms. The lowest BCUT2D eigenvalue weighted by Gasteiger charge is -2.35. The Morgan fingerprint density at radius 3 is 2.32 bits per heavy atom. The van der Waals surface area contributed by atoms with E-state index in [0.29, 0.717) is 18.8 Å². The normalized spacial score (nSPS) is 18.2. The second-order valence-corrected chi connectivity index (χ2v) is 9.02. The maximum Gasteiger partial charge on any atom is 0.286 e. The molecule has 2 aliphatic rings. The van der Waals surface area contributed by atoms with Crippen LogP contribution in [0, 0.1) is 5.82 Å². The van der Waals surface area contributed by atoms with Crippen molar-refractivity contribution in [2.45, 2.75) is 25.8 Å². The van der Waals surface area contributed by atoms with Gasteiger partial charge in [0.1, 0.15) is 10.8 Å². The van der Waals surface area contributed by atoms with Gasteiger partial charge in [-0.1, -0.05) is 11.3 Å². The zero-order valence-corrected chi connectivity index (χ0v) is 18.2. The van der Waals surface area contributed by atoms with Gasteiger partial charge in [0.25, 0.3) is 5.91 Å². The highest BCUT2D eigenvalue weighted by molar-refractivity contribution is 7.13. The minimum absolute atomic E-state index is 0.245. The Morgan fingerprint density at radius 2 is 1.61 bits per heavy atom. The van der Waals surface area contributed by atoms with Crippen LogP contribution in [0.3, 0.4) is 0 Å². The molecule has 1 aromatic heterocycles. The van der Waals surface area contributed by atoms with Gasteiger partial charge in [-0.15, -0.1) is 10.2 Å². The molecule has 3 heterocycles. The molecule has 2 amide bonds. The van der Waals surface area contributed by atoms with E-state index in [-0.39, 0.29) is 22.6 Å². The summed E-state index contributed by atoms with van der Waals surface area (Å²) in [6, 6.07) is 5.59. The maximum atomic E-state index is 13.0. The summed E-state index contributed by atoms with van der Waals surface area (Å²) >= 11 is 1.26. The molecule has 0 atom stereocenters. The van der Waals surface area contributed by atoms with Gasteiger partial charge in [0.15, 0.2) is 0 Å². The Hall–Kier alpha value is -2.43. The standard InChI is InChI=1S/C21H27FN6O2S/c22-16-4-6-17(7-5-16)23-20(30)21-25-24-18(31-21)14-26-10-12-27(13-11-26)15-19(29)28-8-2-1-3-9-28/h4-7H,1-3,8-15H2,(H,23,30). The fraction of sp³-hybridized carbons (Fsp3) is 0.524. The third-order valence-corrected chi connectivity index (χ3v) is 6.56. The summed E-state index contributed by atoms with van der Waals surface area (Å²) in [6.07, 6.45) is 3.46. The van der Waals surface area contributed by atoms with Crippen molar-refractivity contribution in [2.24, 2.45) is 0 Å². The van der Waals surface area contributed by atoms with Gasteiger partial charge in [-0.05, 0) is 43.5 Å². The minimum atomic E-state index is -0.354. The summed E-state index contributed by atoms with van der Waals surface area (Å²) in [6.45, 7) is 6.32. The van der Waals surface area contributed by atoms with E-state index in [1.807, 2.05) is 4.90 Å². The van der Waals surface area contributed by atoms with Crippen molar-refractivity contribution >= 4 is 28.8 Å². The van der Waals surface area contributed by atoms with E-state index in [0.717, 1.165) is 57.1 Å². The van der Waals surface area contributed by atoms with Crippen LogP contribution in [-0.2, 0) is 11.3 Å². The first-order chi connectivity index (χ1) is 15.1. The Bertz CT molecular complexity index is 892. The first kappa shape index (κ1) is 21.8. The largest absolute Gasteiger partial charge is 0.342 e. The van der Waals surface area contributed by atoms with Crippen LogP contribution in [0.5, 0.6) is 0 Å². The molecule has 0 aliphatic carbocycles. The van der Waals surface area contributed by atoms with E-state index in [4.69, 9.17) is 0 Å². The zero-order valence-electron chi connectivity index (χ0n) is 17.4. The van der Waals surface area contributed by atoms with Gasteiger partial charge in [-0.2, -0.15) is 0 Å². The van der Waals surface area contributed by atoms with Crippen LogP contribution in [0.1, 0.15) is 34.1 Å². The molecule has 2 saturated heterocycles. The fourth-order valence-electron chi connectivity index (χ4n) is 3.86. The van der Waals surface area contributed by atoms with Crippen molar-refractivity contribution in [3.05, 3.63) is 40.1 Å². The van der Waals surface area contributed by atoms with Gasteiger partial charge in [-0.3, -0.25) is 19.4 Å². The molecule has 2 aromatic rings. The molecule has 1 aromatic carbocycles. The van der Waals surface area contributed by atoms with Crippen molar-refractivity contribution in [2.75, 3.05) is 51.1 Å². The Labute approximate surface area is 185 Å². The molecule has 31 heavy (non-hydrogen) atoms. The maximum absolute atomic E-state index is 13.0. The molecule has 0 saturated carbocycles. The van der Waals surface area contributed by atoms with Crippen LogP contribution >= 0.6 is 11.3 Å². The van der Waals surface area contributed by atoms with E-state index in [2.05, 4.69) is 25.3 Å². The monoisotopic (exact) mass is 446 g/mol. The Balaban J connectivity index is 1.22. The summed E-state index contributed by atoms with van der Waals surface area (Å²) in [5.74, 6) is -0.461. The second-order valence-electron chi connectivity index (χ2n) is 7.96. The minimum Gasteiger partial charge on any atom is -0.342 e. The van der Waals surface area contributed by atoms with Gasteiger partial charge >= 0.3 is 0 Å². The summed E-state index contributed by atoms with van der Waals surface area (Å²) in [4.78, 5) is 31.3. The number of aromatic nitrogens is 2. The van der Waals surface area contributed by atoms with Gasteiger partial charge in [0, 0.05) is 45.0 Å². The number of piperidine rings is 1. The number of carbonyl (C=O) groups is 2. The van der Waals surface area contributed by atoms with Crippen LogP contribution in [0.2, 0.25) is 0 Å². The average molecular weight is 447 g/mol. The topological polar surface area (TPSA) is 81.7 Å².